The molecule has 0 saturated heterocycles. The van der Waals surface area contributed by atoms with Crippen molar-refractivity contribution in [2.45, 2.75) is 39.3 Å². The van der Waals surface area contributed by atoms with Crippen LogP contribution in [0.5, 0.6) is 17.2 Å². The van der Waals surface area contributed by atoms with E-state index in [2.05, 4.69) is 22.6 Å². The van der Waals surface area contributed by atoms with Crippen LogP contribution in [-0.2, 0) is 16.1 Å². The van der Waals surface area contributed by atoms with Gasteiger partial charge in [-0.3, -0.25) is 9.36 Å². The summed E-state index contributed by atoms with van der Waals surface area (Å²) in [6.07, 6.45) is 3.01. The maximum Gasteiger partial charge on any atom is 0.338 e. The topological polar surface area (TPSA) is 88.4 Å². The summed E-state index contributed by atoms with van der Waals surface area (Å²) >= 11 is 22.2. The number of hydrogen-bond acceptors (Lipinski definition) is 8. The maximum atomic E-state index is 14.3. The van der Waals surface area contributed by atoms with E-state index in [0.717, 1.165) is 15.6 Å². The molecule has 0 amide bonds. The molecule has 0 radical (unpaired) electrons. The Morgan fingerprint density at radius 1 is 1.02 bits per heavy atom. The molecule has 0 aliphatic carbocycles. The van der Waals surface area contributed by atoms with E-state index in [1.165, 1.54) is 23.0 Å². The Balaban J connectivity index is 1.64. The number of rotatable bonds is 11. The van der Waals surface area contributed by atoms with Gasteiger partial charge in [0, 0.05) is 26.2 Å². The molecule has 1 aromatic heterocycles. The Morgan fingerprint density at radius 2 is 1.74 bits per heavy atom. The van der Waals surface area contributed by atoms with Gasteiger partial charge in [-0.05, 0) is 90.0 Å². The molecule has 8 nitrogen and oxygen atoms in total. The van der Waals surface area contributed by atoms with Gasteiger partial charge in [-0.15, -0.1) is 0 Å². The lowest BCUT2D eigenvalue weighted by molar-refractivity contribution is -0.139. The Morgan fingerprint density at radius 3 is 2.43 bits per heavy atom. The minimum atomic E-state index is -0.868. The van der Waals surface area contributed by atoms with Gasteiger partial charge in [-0.2, -0.15) is 0 Å². The smallest absolute Gasteiger partial charge is 0.338 e. The van der Waals surface area contributed by atoms with Gasteiger partial charge >= 0.3 is 5.97 Å². The fourth-order valence-corrected chi connectivity index (χ4v) is 7.68. The minimum absolute atomic E-state index is 0.165. The normalized spacial score (nSPS) is 14.5. The maximum absolute atomic E-state index is 14.3. The first-order valence-electron chi connectivity index (χ1n) is 14.6. The van der Waals surface area contributed by atoms with E-state index in [1.807, 2.05) is 19.1 Å². The van der Waals surface area contributed by atoms with Crippen molar-refractivity contribution in [2.75, 3.05) is 20.8 Å². The largest absolute Gasteiger partial charge is 0.496 e. The van der Waals surface area contributed by atoms with E-state index in [0.29, 0.717) is 64.9 Å². The Hall–Kier alpha value is -3.03. The van der Waals surface area contributed by atoms with Crippen molar-refractivity contribution in [1.82, 2.24) is 4.57 Å². The van der Waals surface area contributed by atoms with Crippen LogP contribution < -0.4 is 29.1 Å². The number of methoxy groups -OCH3 is 2. The van der Waals surface area contributed by atoms with Crippen molar-refractivity contribution in [3.8, 4) is 17.2 Å². The highest BCUT2D eigenvalue weighted by molar-refractivity contribution is 14.1. The zero-order valence-electron chi connectivity index (χ0n) is 25.9. The number of allylic oxidation sites excluding steroid dienone is 1. The highest BCUT2D eigenvalue weighted by Gasteiger charge is 2.36. The molecular weight excluding hydrogens is 798 g/mol. The number of hydrogen-bond donors (Lipinski definition) is 0. The molecule has 5 rings (SSSR count). The fraction of sp³-hybridized carbons (Fsp3) is 0.265. The number of carbonyl (C=O) groups is 1. The highest BCUT2D eigenvalue weighted by Crippen LogP contribution is 2.39. The van der Waals surface area contributed by atoms with Gasteiger partial charge in [-0.25, -0.2) is 9.79 Å². The summed E-state index contributed by atoms with van der Waals surface area (Å²) in [6.45, 7) is 4.11. The third-order valence-electron chi connectivity index (χ3n) is 7.32. The molecule has 1 aliphatic rings. The van der Waals surface area contributed by atoms with Crippen molar-refractivity contribution in [2.24, 2.45) is 4.99 Å². The summed E-state index contributed by atoms with van der Waals surface area (Å²) in [5, 5.41) is 1.47. The second-order valence-electron chi connectivity index (χ2n) is 10.4. The Kier molecular flexibility index (Phi) is 11.6. The number of fused-ring (bicyclic) bond motifs is 1. The van der Waals surface area contributed by atoms with Crippen LogP contribution in [0.3, 0.4) is 0 Å². The molecule has 0 N–H and O–H groups in total. The van der Waals surface area contributed by atoms with Crippen LogP contribution in [0.2, 0.25) is 15.1 Å². The molecule has 1 atom stereocenters. The van der Waals surface area contributed by atoms with Crippen molar-refractivity contribution in [3.63, 3.8) is 0 Å². The number of esters is 1. The second-order valence-corrected chi connectivity index (χ2v) is 13.8. The SMILES string of the molecule is CCCC1=C(C(=O)OCC)[C@@H](c2cc(Cl)ccc2OC)n2c(s/c(=C/c3cc(I)c(OCc4ccc(Cl)cc4Cl)c(OC)c3)c2=O)=N1. The molecule has 0 bridgehead atoms. The van der Waals surface area contributed by atoms with Crippen LogP contribution in [0.25, 0.3) is 6.08 Å². The molecule has 246 valence electrons. The third-order valence-corrected chi connectivity index (χ3v) is 9.92. The summed E-state index contributed by atoms with van der Waals surface area (Å²) in [7, 11) is 3.08. The summed E-state index contributed by atoms with van der Waals surface area (Å²) in [5.41, 5.74) is 2.55. The summed E-state index contributed by atoms with van der Waals surface area (Å²) < 4.78 is 25.7. The van der Waals surface area contributed by atoms with Crippen LogP contribution in [-0.4, -0.2) is 31.4 Å². The zero-order chi connectivity index (χ0) is 33.8. The first-order valence-corrected chi connectivity index (χ1v) is 17.6. The van der Waals surface area contributed by atoms with Gasteiger partial charge in [-0.1, -0.05) is 65.6 Å². The molecule has 2 heterocycles. The number of carbonyl (C=O) groups excluding carboxylic acids is 1. The van der Waals surface area contributed by atoms with Crippen molar-refractivity contribution >= 4 is 80.8 Å². The first-order chi connectivity index (χ1) is 22.6. The van der Waals surface area contributed by atoms with Gasteiger partial charge < -0.3 is 18.9 Å². The standard InChI is InChI=1S/C34H30Cl3IN2O6S/c1-5-7-25-29(33(42)45-6-2)30(22-15-20(35)10-11-26(22)43-3)40-32(41)28(47-34(40)39-25)14-18-12-24(38)31(27(13-18)44-4)46-17-19-8-9-21(36)16-23(19)37/h8-16,30H,5-7,17H2,1-4H3/b28-14+/t30-/m1/s1. The van der Waals surface area contributed by atoms with E-state index in [-0.39, 0.29) is 24.3 Å². The molecule has 4 aromatic rings. The van der Waals surface area contributed by atoms with Crippen molar-refractivity contribution in [1.29, 1.82) is 0 Å². The van der Waals surface area contributed by atoms with Crippen LogP contribution >= 0.6 is 68.7 Å². The summed E-state index contributed by atoms with van der Waals surface area (Å²) in [6, 6.07) is 13.2. The molecule has 0 fully saturated rings. The van der Waals surface area contributed by atoms with E-state index < -0.39 is 12.0 Å². The second kappa shape index (κ2) is 15.5. The van der Waals surface area contributed by atoms with E-state index in [9.17, 15) is 9.59 Å². The van der Waals surface area contributed by atoms with Gasteiger partial charge in [0.15, 0.2) is 16.3 Å². The lowest BCUT2D eigenvalue weighted by Gasteiger charge is -2.27. The Bertz CT molecular complexity index is 2060. The number of benzene rings is 3. The molecule has 47 heavy (non-hydrogen) atoms. The average molecular weight is 828 g/mol. The van der Waals surface area contributed by atoms with Crippen molar-refractivity contribution in [3.05, 3.63) is 115 Å². The highest BCUT2D eigenvalue weighted by atomic mass is 127. The van der Waals surface area contributed by atoms with E-state index >= 15 is 0 Å². The summed E-state index contributed by atoms with van der Waals surface area (Å²) in [5.74, 6) is 0.950. The summed E-state index contributed by atoms with van der Waals surface area (Å²) in [4.78, 5) is 33.0. The quantitative estimate of drug-likeness (QED) is 0.114. The molecule has 13 heteroatoms. The molecule has 0 saturated carbocycles. The molecule has 0 spiro atoms. The van der Waals surface area contributed by atoms with E-state index in [4.69, 9.17) is 58.7 Å². The predicted octanol–water partition coefficient (Wildman–Crippen LogP) is 7.74. The number of nitrogens with zero attached hydrogens (tertiary/aromatic N) is 2. The monoisotopic (exact) mass is 826 g/mol. The first kappa shape index (κ1) is 35.3. The lowest BCUT2D eigenvalue weighted by atomic mass is 9.93. The number of aromatic nitrogens is 1. The minimum Gasteiger partial charge on any atom is -0.496 e. The molecule has 1 aliphatic heterocycles. The molecular formula is C34H30Cl3IN2O6S. The Labute approximate surface area is 304 Å². The number of ether oxygens (including phenoxy) is 4. The predicted molar refractivity (Wildman–Crippen MR) is 194 cm³/mol. The van der Waals surface area contributed by atoms with Gasteiger partial charge in [0.1, 0.15) is 18.4 Å². The van der Waals surface area contributed by atoms with Gasteiger partial charge in [0.2, 0.25) is 0 Å². The molecule has 0 unspecified atom stereocenters. The van der Waals surface area contributed by atoms with Crippen LogP contribution in [0.4, 0.5) is 0 Å². The van der Waals surface area contributed by atoms with Gasteiger partial charge in [0.25, 0.3) is 5.56 Å². The van der Waals surface area contributed by atoms with Crippen LogP contribution in [0.15, 0.2) is 69.6 Å². The number of thiazole rings is 1. The molecule has 3 aromatic carbocycles. The van der Waals surface area contributed by atoms with Crippen molar-refractivity contribution < 1.29 is 23.7 Å². The third kappa shape index (κ3) is 7.51. The number of halogens is 4. The average Bonchev–Trinajstić information content (AvgIpc) is 3.34. The van der Waals surface area contributed by atoms with Crippen LogP contribution in [0.1, 0.15) is 49.4 Å². The zero-order valence-corrected chi connectivity index (χ0v) is 31.1. The van der Waals surface area contributed by atoms with Gasteiger partial charge in [0.05, 0.1) is 40.2 Å². The fourth-order valence-electron chi connectivity index (χ4n) is 5.24. The lowest BCUT2D eigenvalue weighted by Crippen LogP contribution is -2.40. The van der Waals surface area contributed by atoms with Crippen LogP contribution in [0, 0.1) is 3.57 Å². The van der Waals surface area contributed by atoms with E-state index in [1.54, 1.807) is 56.5 Å².